The molecule has 0 unspecified atom stereocenters. The van der Waals surface area contributed by atoms with E-state index in [1.807, 2.05) is 29.7 Å². The minimum absolute atomic E-state index is 0.0304. The average Bonchev–Trinajstić information content (AvgIpc) is 3.22. The van der Waals surface area contributed by atoms with Crippen LogP contribution in [0.2, 0.25) is 0 Å². The first-order valence-electron chi connectivity index (χ1n) is 10.2. The zero-order chi connectivity index (χ0) is 19.7. The van der Waals surface area contributed by atoms with Gasteiger partial charge >= 0.3 is 0 Å². The van der Waals surface area contributed by atoms with Gasteiger partial charge in [0, 0.05) is 38.0 Å². The van der Waals surface area contributed by atoms with Crippen molar-refractivity contribution in [2.75, 3.05) is 19.6 Å². The molecule has 0 radical (unpaired) electrons. The van der Waals surface area contributed by atoms with E-state index >= 15 is 0 Å². The van der Waals surface area contributed by atoms with Crippen LogP contribution < -0.4 is 0 Å². The van der Waals surface area contributed by atoms with Gasteiger partial charge in [0.25, 0.3) is 5.91 Å². The lowest BCUT2D eigenvalue weighted by Gasteiger charge is -2.33. The van der Waals surface area contributed by atoms with Crippen LogP contribution in [0, 0.1) is 5.92 Å². The van der Waals surface area contributed by atoms with Gasteiger partial charge in [-0.25, -0.2) is 0 Å². The van der Waals surface area contributed by atoms with Crippen molar-refractivity contribution in [2.24, 2.45) is 5.92 Å². The number of amides is 2. The molecule has 6 heteroatoms. The number of hydrogen-bond acceptors (Lipinski definition) is 3. The maximum Gasteiger partial charge on any atom is 0.257 e. The molecule has 0 spiro atoms. The molecular formula is C22H28N4O2. The number of aromatic nitrogens is 2. The van der Waals surface area contributed by atoms with E-state index in [1.165, 1.54) is 11.1 Å². The molecule has 2 aliphatic rings. The Hall–Kier alpha value is -2.63. The predicted molar refractivity (Wildman–Crippen MR) is 107 cm³/mol. The highest BCUT2D eigenvalue weighted by atomic mass is 16.2. The van der Waals surface area contributed by atoms with Crippen LogP contribution >= 0.6 is 0 Å². The van der Waals surface area contributed by atoms with Crippen LogP contribution in [-0.2, 0) is 17.8 Å². The van der Waals surface area contributed by atoms with Crippen molar-refractivity contribution < 1.29 is 9.59 Å². The summed E-state index contributed by atoms with van der Waals surface area (Å²) in [6.07, 6.45) is 4.29. The number of H-pyrrole nitrogens is 1. The molecule has 0 saturated carbocycles. The van der Waals surface area contributed by atoms with Gasteiger partial charge in [0.1, 0.15) is 0 Å². The van der Waals surface area contributed by atoms with Gasteiger partial charge in [-0.05, 0) is 30.4 Å². The van der Waals surface area contributed by atoms with E-state index in [4.69, 9.17) is 0 Å². The summed E-state index contributed by atoms with van der Waals surface area (Å²) in [4.78, 5) is 29.3. The summed E-state index contributed by atoms with van der Waals surface area (Å²) in [7, 11) is 0. The van der Waals surface area contributed by atoms with E-state index in [1.54, 1.807) is 6.20 Å². The van der Waals surface area contributed by atoms with Gasteiger partial charge in [0.15, 0.2) is 0 Å². The summed E-state index contributed by atoms with van der Waals surface area (Å²) in [6, 6.07) is 8.34. The van der Waals surface area contributed by atoms with E-state index in [-0.39, 0.29) is 23.7 Å². The molecule has 0 atom stereocenters. The second kappa shape index (κ2) is 7.78. The Morgan fingerprint density at radius 3 is 2.50 bits per heavy atom. The molecule has 1 N–H and O–H groups in total. The minimum Gasteiger partial charge on any atom is -0.342 e. The third-order valence-electron chi connectivity index (χ3n) is 6.03. The summed E-state index contributed by atoms with van der Waals surface area (Å²) in [6.45, 7) is 6.76. The number of aromatic amines is 1. The monoisotopic (exact) mass is 380 g/mol. The molecule has 1 saturated heterocycles. The standard InChI is InChI=1S/C22H28N4O2/c1-15(2)21(27)25-10-8-17(9-11-25)20-19(13-23-24-20)22(28)26-12-7-16-5-3-4-6-18(16)14-26/h3-6,13,15,17H,7-12,14H2,1-2H3,(H,23,24). The first kappa shape index (κ1) is 18.7. The largest absolute Gasteiger partial charge is 0.342 e. The number of nitrogens with zero attached hydrogens (tertiary/aromatic N) is 3. The van der Waals surface area contributed by atoms with Crippen LogP contribution in [0.3, 0.4) is 0 Å². The van der Waals surface area contributed by atoms with Crippen molar-refractivity contribution in [3.05, 3.63) is 52.8 Å². The van der Waals surface area contributed by atoms with Crippen molar-refractivity contribution in [2.45, 2.75) is 45.6 Å². The average molecular weight is 380 g/mol. The smallest absolute Gasteiger partial charge is 0.257 e. The molecule has 1 aromatic carbocycles. The van der Waals surface area contributed by atoms with Crippen LogP contribution in [0.5, 0.6) is 0 Å². The Bertz CT molecular complexity index is 865. The predicted octanol–water partition coefficient (Wildman–Crippen LogP) is 2.97. The second-order valence-corrected chi connectivity index (χ2v) is 8.20. The van der Waals surface area contributed by atoms with Gasteiger partial charge in [0.2, 0.25) is 5.91 Å². The minimum atomic E-state index is 0.0304. The van der Waals surface area contributed by atoms with E-state index in [2.05, 4.69) is 28.4 Å². The molecule has 2 aromatic rings. The summed E-state index contributed by atoms with van der Waals surface area (Å²) < 4.78 is 0. The van der Waals surface area contributed by atoms with Gasteiger partial charge < -0.3 is 9.80 Å². The molecule has 2 amide bonds. The van der Waals surface area contributed by atoms with Crippen LogP contribution in [-0.4, -0.2) is 51.4 Å². The van der Waals surface area contributed by atoms with Crippen LogP contribution in [0.4, 0.5) is 0 Å². The molecule has 148 valence electrons. The highest BCUT2D eigenvalue weighted by molar-refractivity contribution is 5.95. The van der Waals surface area contributed by atoms with Crippen LogP contribution in [0.1, 0.15) is 59.8 Å². The fourth-order valence-corrected chi connectivity index (χ4v) is 4.37. The Kier molecular flexibility index (Phi) is 5.20. The summed E-state index contributed by atoms with van der Waals surface area (Å²) in [5.74, 6) is 0.544. The quantitative estimate of drug-likeness (QED) is 0.890. The molecule has 2 aliphatic heterocycles. The zero-order valence-corrected chi connectivity index (χ0v) is 16.6. The van der Waals surface area contributed by atoms with E-state index in [9.17, 15) is 9.59 Å². The van der Waals surface area contributed by atoms with E-state index in [0.29, 0.717) is 12.1 Å². The molecule has 28 heavy (non-hydrogen) atoms. The molecule has 1 aromatic heterocycles. The number of hydrogen-bond donors (Lipinski definition) is 1. The zero-order valence-electron chi connectivity index (χ0n) is 16.6. The number of carbonyl (C=O) groups is 2. The third kappa shape index (κ3) is 3.55. The molecule has 0 aliphatic carbocycles. The van der Waals surface area contributed by atoms with Crippen molar-refractivity contribution >= 4 is 11.8 Å². The number of rotatable bonds is 3. The van der Waals surface area contributed by atoms with Gasteiger partial charge in [-0.1, -0.05) is 38.1 Å². The first-order valence-corrected chi connectivity index (χ1v) is 10.2. The lowest BCUT2D eigenvalue weighted by molar-refractivity contribution is -0.135. The number of likely N-dealkylation sites (tertiary alicyclic amines) is 1. The number of benzene rings is 1. The van der Waals surface area contributed by atoms with Crippen molar-refractivity contribution in [1.29, 1.82) is 0 Å². The van der Waals surface area contributed by atoms with Crippen LogP contribution in [0.15, 0.2) is 30.5 Å². The first-order chi connectivity index (χ1) is 13.5. The highest BCUT2D eigenvalue weighted by Gasteiger charge is 2.31. The molecule has 6 nitrogen and oxygen atoms in total. The summed E-state index contributed by atoms with van der Waals surface area (Å²) >= 11 is 0. The molecule has 4 rings (SSSR count). The molecular weight excluding hydrogens is 352 g/mol. The van der Waals surface area contributed by atoms with Gasteiger partial charge in [-0.15, -0.1) is 0 Å². The Balaban J connectivity index is 1.45. The Morgan fingerprint density at radius 2 is 1.79 bits per heavy atom. The van der Waals surface area contributed by atoms with Gasteiger partial charge in [0.05, 0.1) is 17.5 Å². The third-order valence-corrected chi connectivity index (χ3v) is 6.03. The lowest BCUT2D eigenvalue weighted by Crippen LogP contribution is -2.40. The fourth-order valence-electron chi connectivity index (χ4n) is 4.37. The summed E-state index contributed by atoms with van der Waals surface area (Å²) in [5.41, 5.74) is 4.18. The van der Waals surface area contributed by atoms with Crippen molar-refractivity contribution in [3.63, 3.8) is 0 Å². The topological polar surface area (TPSA) is 69.3 Å². The van der Waals surface area contributed by atoms with E-state index < -0.39 is 0 Å². The van der Waals surface area contributed by atoms with Gasteiger partial charge in [-0.2, -0.15) is 5.10 Å². The normalized spacial score (nSPS) is 17.7. The molecule has 1 fully saturated rings. The molecule has 3 heterocycles. The number of nitrogens with one attached hydrogen (secondary N) is 1. The maximum atomic E-state index is 13.2. The van der Waals surface area contributed by atoms with E-state index in [0.717, 1.165) is 44.6 Å². The Labute approximate surface area is 165 Å². The summed E-state index contributed by atoms with van der Waals surface area (Å²) in [5, 5.41) is 7.27. The number of carbonyl (C=O) groups excluding carboxylic acids is 2. The van der Waals surface area contributed by atoms with Crippen LogP contribution in [0.25, 0.3) is 0 Å². The second-order valence-electron chi connectivity index (χ2n) is 8.20. The fraction of sp³-hybridized carbons (Fsp3) is 0.500. The molecule has 0 bridgehead atoms. The number of fused-ring (bicyclic) bond motifs is 1. The van der Waals surface area contributed by atoms with Gasteiger partial charge in [-0.3, -0.25) is 14.7 Å². The lowest BCUT2D eigenvalue weighted by atomic mass is 9.90. The Morgan fingerprint density at radius 1 is 1.07 bits per heavy atom. The van der Waals surface area contributed by atoms with Crippen molar-refractivity contribution in [1.82, 2.24) is 20.0 Å². The van der Waals surface area contributed by atoms with Crippen molar-refractivity contribution in [3.8, 4) is 0 Å². The highest BCUT2D eigenvalue weighted by Crippen LogP contribution is 2.31. The SMILES string of the molecule is CC(C)C(=O)N1CCC(c2[nH]ncc2C(=O)N2CCc3ccccc3C2)CC1. The maximum absolute atomic E-state index is 13.2. The number of piperidine rings is 1.